The molecule has 1 saturated heterocycles. The molecular weight excluding hydrogens is 270 g/mol. The minimum Gasteiger partial charge on any atom is -0.384 e. The number of hydrogen-bond acceptors (Lipinski definition) is 5. The van der Waals surface area contributed by atoms with E-state index in [1.54, 1.807) is 6.07 Å². The summed E-state index contributed by atoms with van der Waals surface area (Å²) in [4.78, 5) is 12.6. The molecule has 1 N–H and O–H groups in total. The molecule has 2 rings (SSSR count). The Kier molecular flexibility index (Phi) is 4.95. The highest BCUT2D eigenvalue weighted by Gasteiger charge is 2.13. The number of hydrogen-bond donors (Lipinski definition) is 1. The number of anilines is 1. The van der Waals surface area contributed by atoms with Crippen LogP contribution in [0, 0.1) is 10.1 Å². The number of nitrogens with one attached hydrogen (secondary N) is 1. The van der Waals surface area contributed by atoms with Gasteiger partial charge in [-0.25, -0.2) is 0 Å². The molecule has 1 aliphatic heterocycles. The lowest BCUT2D eigenvalue weighted by Gasteiger charge is -2.26. The average Bonchev–Trinajstić information content (AvgIpc) is 2.41. The van der Waals surface area contributed by atoms with Gasteiger partial charge in [0.15, 0.2) is 0 Å². The SMILES string of the molecule is O=[N+]([O-])c1cc(NCCN2CCOCC2)ccc1Cl. The molecule has 1 aliphatic rings. The summed E-state index contributed by atoms with van der Waals surface area (Å²) in [6.07, 6.45) is 0. The highest BCUT2D eigenvalue weighted by molar-refractivity contribution is 6.32. The van der Waals surface area contributed by atoms with Crippen molar-refractivity contribution in [2.45, 2.75) is 0 Å². The van der Waals surface area contributed by atoms with Crippen molar-refractivity contribution >= 4 is 23.0 Å². The second kappa shape index (κ2) is 6.70. The molecule has 0 bridgehead atoms. The molecule has 1 aromatic rings. The van der Waals surface area contributed by atoms with Crippen molar-refractivity contribution in [3.63, 3.8) is 0 Å². The number of morpholine rings is 1. The van der Waals surface area contributed by atoms with E-state index in [1.807, 2.05) is 0 Å². The van der Waals surface area contributed by atoms with Gasteiger partial charge >= 0.3 is 0 Å². The van der Waals surface area contributed by atoms with Crippen molar-refractivity contribution in [2.24, 2.45) is 0 Å². The van der Waals surface area contributed by atoms with Crippen molar-refractivity contribution < 1.29 is 9.66 Å². The molecule has 7 heteroatoms. The maximum atomic E-state index is 10.8. The van der Waals surface area contributed by atoms with Crippen molar-refractivity contribution in [1.29, 1.82) is 0 Å². The summed E-state index contributed by atoms with van der Waals surface area (Å²) in [6.45, 7) is 5.03. The van der Waals surface area contributed by atoms with Crippen LogP contribution in [0.2, 0.25) is 5.02 Å². The minimum atomic E-state index is -0.477. The van der Waals surface area contributed by atoms with E-state index in [0.717, 1.165) is 39.4 Å². The molecule has 1 fully saturated rings. The Bertz CT molecular complexity index is 450. The Morgan fingerprint density at radius 2 is 2.16 bits per heavy atom. The van der Waals surface area contributed by atoms with Crippen molar-refractivity contribution in [2.75, 3.05) is 44.7 Å². The van der Waals surface area contributed by atoms with Crippen LogP contribution in [0.4, 0.5) is 11.4 Å². The third-order valence-corrected chi connectivity index (χ3v) is 3.32. The maximum Gasteiger partial charge on any atom is 0.289 e. The van der Waals surface area contributed by atoms with Crippen molar-refractivity contribution in [3.8, 4) is 0 Å². The van der Waals surface area contributed by atoms with Crippen LogP contribution >= 0.6 is 11.6 Å². The van der Waals surface area contributed by atoms with Gasteiger partial charge in [0, 0.05) is 37.9 Å². The smallest absolute Gasteiger partial charge is 0.289 e. The lowest BCUT2D eigenvalue weighted by molar-refractivity contribution is -0.384. The zero-order valence-corrected chi connectivity index (χ0v) is 11.2. The van der Waals surface area contributed by atoms with Crippen LogP contribution in [0.3, 0.4) is 0 Å². The van der Waals surface area contributed by atoms with E-state index < -0.39 is 4.92 Å². The quantitative estimate of drug-likeness (QED) is 0.662. The van der Waals surface area contributed by atoms with E-state index in [2.05, 4.69) is 10.2 Å². The molecule has 0 saturated carbocycles. The number of halogens is 1. The summed E-state index contributed by atoms with van der Waals surface area (Å²) < 4.78 is 5.27. The Hall–Kier alpha value is -1.37. The van der Waals surface area contributed by atoms with Crippen LogP contribution in [-0.4, -0.2) is 49.2 Å². The van der Waals surface area contributed by atoms with Crippen molar-refractivity contribution in [3.05, 3.63) is 33.3 Å². The number of nitro groups is 1. The van der Waals surface area contributed by atoms with E-state index in [9.17, 15) is 10.1 Å². The summed E-state index contributed by atoms with van der Waals surface area (Å²) in [7, 11) is 0. The fourth-order valence-electron chi connectivity index (χ4n) is 1.95. The van der Waals surface area contributed by atoms with E-state index in [4.69, 9.17) is 16.3 Å². The van der Waals surface area contributed by atoms with Crippen LogP contribution in [-0.2, 0) is 4.74 Å². The second-order valence-electron chi connectivity index (χ2n) is 4.30. The standard InChI is InChI=1S/C12H16ClN3O3/c13-11-2-1-10(9-12(11)16(17)18)14-3-4-15-5-7-19-8-6-15/h1-2,9,14H,3-8H2. The summed E-state index contributed by atoms with van der Waals surface area (Å²) >= 11 is 5.76. The predicted octanol–water partition coefficient (Wildman–Crippen LogP) is 1.99. The first kappa shape index (κ1) is 14.0. The Balaban J connectivity index is 1.85. The van der Waals surface area contributed by atoms with Gasteiger partial charge in [-0.1, -0.05) is 11.6 Å². The van der Waals surface area contributed by atoms with Gasteiger partial charge in [-0.05, 0) is 12.1 Å². The number of benzene rings is 1. The first-order valence-corrected chi connectivity index (χ1v) is 6.52. The summed E-state index contributed by atoms with van der Waals surface area (Å²) in [6, 6.07) is 4.74. The van der Waals surface area contributed by atoms with Gasteiger partial charge in [0.25, 0.3) is 5.69 Å². The fraction of sp³-hybridized carbons (Fsp3) is 0.500. The van der Waals surface area contributed by atoms with Gasteiger partial charge in [0.05, 0.1) is 18.1 Å². The molecule has 0 radical (unpaired) electrons. The van der Waals surface area contributed by atoms with Crippen LogP contribution < -0.4 is 5.32 Å². The first-order valence-electron chi connectivity index (χ1n) is 6.15. The maximum absolute atomic E-state index is 10.8. The van der Waals surface area contributed by atoms with Gasteiger partial charge < -0.3 is 10.1 Å². The van der Waals surface area contributed by atoms with Crippen LogP contribution in [0.25, 0.3) is 0 Å². The molecule has 0 spiro atoms. The Morgan fingerprint density at radius 3 is 2.84 bits per heavy atom. The third-order valence-electron chi connectivity index (χ3n) is 3.00. The Morgan fingerprint density at radius 1 is 1.42 bits per heavy atom. The van der Waals surface area contributed by atoms with Crippen LogP contribution in [0.1, 0.15) is 0 Å². The lowest BCUT2D eigenvalue weighted by atomic mass is 10.2. The number of nitrogens with zero attached hydrogens (tertiary/aromatic N) is 2. The van der Waals surface area contributed by atoms with Crippen LogP contribution in [0.15, 0.2) is 18.2 Å². The predicted molar refractivity (Wildman–Crippen MR) is 73.9 cm³/mol. The number of nitro benzene ring substituents is 1. The van der Waals surface area contributed by atoms with E-state index >= 15 is 0 Å². The monoisotopic (exact) mass is 285 g/mol. The fourth-order valence-corrected chi connectivity index (χ4v) is 2.13. The zero-order chi connectivity index (χ0) is 13.7. The van der Waals surface area contributed by atoms with E-state index in [0.29, 0.717) is 5.69 Å². The Labute approximate surface area is 116 Å². The first-order chi connectivity index (χ1) is 9.16. The third kappa shape index (κ3) is 4.05. The largest absolute Gasteiger partial charge is 0.384 e. The van der Waals surface area contributed by atoms with E-state index in [-0.39, 0.29) is 10.7 Å². The van der Waals surface area contributed by atoms with Gasteiger partial charge in [-0.3, -0.25) is 15.0 Å². The molecular formula is C12H16ClN3O3. The summed E-state index contributed by atoms with van der Waals surface area (Å²) in [5, 5.41) is 14.1. The van der Waals surface area contributed by atoms with Gasteiger partial charge in [0.1, 0.15) is 5.02 Å². The lowest BCUT2D eigenvalue weighted by Crippen LogP contribution is -2.39. The molecule has 6 nitrogen and oxygen atoms in total. The molecule has 104 valence electrons. The molecule has 0 aliphatic carbocycles. The van der Waals surface area contributed by atoms with Crippen LogP contribution in [0.5, 0.6) is 0 Å². The number of rotatable bonds is 5. The van der Waals surface area contributed by atoms with Gasteiger partial charge in [-0.2, -0.15) is 0 Å². The molecule has 1 heterocycles. The van der Waals surface area contributed by atoms with Crippen molar-refractivity contribution in [1.82, 2.24) is 4.90 Å². The highest BCUT2D eigenvalue weighted by atomic mass is 35.5. The van der Waals surface area contributed by atoms with Gasteiger partial charge in [0.2, 0.25) is 0 Å². The molecule has 0 amide bonds. The summed E-state index contributed by atoms with van der Waals surface area (Å²) in [5.41, 5.74) is 0.641. The topological polar surface area (TPSA) is 67.6 Å². The summed E-state index contributed by atoms with van der Waals surface area (Å²) in [5.74, 6) is 0. The van der Waals surface area contributed by atoms with Gasteiger partial charge in [-0.15, -0.1) is 0 Å². The number of ether oxygens (including phenoxy) is 1. The molecule has 0 atom stereocenters. The molecule has 19 heavy (non-hydrogen) atoms. The van der Waals surface area contributed by atoms with E-state index in [1.165, 1.54) is 12.1 Å². The molecule has 0 unspecified atom stereocenters. The normalized spacial score (nSPS) is 16.3. The average molecular weight is 286 g/mol. The molecule has 0 aromatic heterocycles. The molecule has 1 aromatic carbocycles. The minimum absolute atomic E-state index is 0.0713. The zero-order valence-electron chi connectivity index (χ0n) is 10.5. The highest BCUT2D eigenvalue weighted by Crippen LogP contribution is 2.27. The second-order valence-corrected chi connectivity index (χ2v) is 4.71.